The first-order valence-corrected chi connectivity index (χ1v) is 8.66. The van der Waals surface area contributed by atoms with Crippen molar-refractivity contribution in [3.63, 3.8) is 0 Å². The number of nitrogens with zero attached hydrogens (tertiary/aromatic N) is 4. The van der Waals surface area contributed by atoms with Crippen LogP contribution in [0.15, 0.2) is 54.7 Å². The van der Waals surface area contributed by atoms with Gasteiger partial charge in [0.15, 0.2) is 5.65 Å². The van der Waals surface area contributed by atoms with Gasteiger partial charge in [-0.1, -0.05) is 12.1 Å². The summed E-state index contributed by atoms with van der Waals surface area (Å²) >= 11 is 0. The first-order chi connectivity index (χ1) is 13.1. The molecule has 3 aromatic heterocycles. The normalized spacial score (nSPS) is 11.5. The summed E-state index contributed by atoms with van der Waals surface area (Å²) in [4.78, 5) is 4.50. The minimum Gasteiger partial charge on any atom is -0.278 e. The van der Waals surface area contributed by atoms with E-state index in [9.17, 15) is 4.39 Å². The molecule has 0 saturated carbocycles. The van der Waals surface area contributed by atoms with Crippen LogP contribution in [-0.4, -0.2) is 24.8 Å². The lowest BCUT2D eigenvalue weighted by Crippen LogP contribution is -1.98. The molecule has 132 valence electrons. The van der Waals surface area contributed by atoms with E-state index in [1.54, 1.807) is 12.1 Å². The van der Waals surface area contributed by atoms with E-state index in [2.05, 4.69) is 32.4 Å². The number of halogens is 1. The average molecular weight is 357 g/mol. The molecule has 0 fully saturated rings. The highest BCUT2D eigenvalue weighted by Crippen LogP contribution is 2.35. The van der Waals surface area contributed by atoms with Crippen molar-refractivity contribution in [3.05, 3.63) is 71.9 Å². The Kier molecular flexibility index (Phi) is 3.33. The lowest BCUT2D eigenvalue weighted by molar-refractivity contribution is 0.628. The van der Waals surface area contributed by atoms with Crippen molar-refractivity contribution in [2.75, 3.05) is 0 Å². The second-order valence-electron chi connectivity index (χ2n) is 6.66. The van der Waals surface area contributed by atoms with E-state index in [4.69, 9.17) is 0 Å². The van der Waals surface area contributed by atoms with Crippen molar-refractivity contribution in [1.82, 2.24) is 24.8 Å². The van der Waals surface area contributed by atoms with Crippen LogP contribution in [0.3, 0.4) is 0 Å². The van der Waals surface area contributed by atoms with Gasteiger partial charge in [0.2, 0.25) is 0 Å². The molecule has 1 N–H and O–H groups in total. The molecule has 27 heavy (non-hydrogen) atoms. The third-order valence-electron chi connectivity index (χ3n) is 4.78. The molecule has 0 bridgehead atoms. The molecule has 0 aliphatic heterocycles. The van der Waals surface area contributed by atoms with E-state index in [0.29, 0.717) is 5.82 Å². The predicted octanol–water partition coefficient (Wildman–Crippen LogP) is 4.70. The fourth-order valence-electron chi connectivity index (χ4n) is 3.57. The maximum atomic E-state index is 13.4. The molecule has 0 saturated heterocycles. The Hall–Kier alpha value is -3.54. The molecular formula is C21H16FN5. The first-order valence-electron chi connectivity index (χ1n) is 8.66. The third kappa shape index (κ3) is 2.49. The van der Waals surface area contributed by atoms with E-state index in [-0.39, 0.29) is 5.82 Å². The monoisotopic (exact) mass is 357 g/mol. The third-order valence-corrected chi connectivity index (χ3v) is 4.78. The van der Waals surface area contributed by atoms with Gasteiger partial charge in [0.25, 0.3) is 0 Å². The van der Waals surface area contributed by atoms with Gasteiger partial charge in [0.1, 0.15) is 11.6 Å². The number of nitrogens with one attached hydrogen (secondary N) is 1. The highest BCUT2D eigenvalue weighted by molar-refractivity contribution is 5.90. The van der Waals surface area contributed by atoms with Crippen molar-refractivity contribution in [1.29, 1.82) is 0 Å². The summed E-state index contributed by atoms with van der Waals surface area (Å²) in [5.41, 5.74) is 6.71. The number of aromatic nitrogens is 5. The van der Waals surface area contributed by atoms with E-state index in [1.807, 2.05) is 36.7 Å². The van der Waals surface area contributed by atoms with Crippen molar-refractivity contribution < 1.29 is 4.39 Å². The molecule has 0 radical (unpaired) electrons. The summed E-state index contributed by atoms with van der Waals surface area (Å²) in [6.07, 6.45) is 1.82. The van der Waals surface area contributed by atoms with Gasteiger partial charge in [0.05, 0.1) is 17.4 Å². The Morgan fingerprint density at radius 1 is 0.963 bits per heavy atom. The molecule has 0 amide bonds. The molecule has 0 aliphatic carbocycles. The molecule has 6 heteroatoms. The highest BCUT2D eigenvalue weighted by Gasteiger charge is 2.16. The van der Waals surface area contributed by atoms with Gasteiger partial charge in [-0.25, -0.2) is 13.9 Å². The van der Waals surface area contributed by atoms with Crippen LogP contribution in [0.2, 0.25) is 0 Å². The van der Waals surface area contributed by atoms with Crippen molar-refractivity contribution in [2.24, 2.45) is 0 Å². The van der Waals surface area contributed by atoms with Crippen LogP contribution in [0.4, 0.5) is 4.39 Å². The van der Waals surface area contributed by atoms with Gasteiger partial charge in [0, 0.05) is 16.5 Å². The fraction of sp³-hybridized carbons (Fsp3) is 0.0952. The van der Waals surface area contributed by atoms with Gasteiger partial charge >= 0.3 is 0 Å². The molecule has 0 aliphatic rings. The SMILES string of the molecule is Cc1nc2ccc(-c3ccc(F)cc3)c(-c3cc(C)c4[nH]ncc4c3)n2n1. The highest BCUT2D eigenvalue weighted by atomic mass is 19.1. The molecule has 5 rings (SSSR count). The predicted molar refractivity (Wildman–Crippen MR) is 103 cm³/mol. The Bertz CT molecular complexity index is 1300. The summed E-state index contributed by atoms with van der Waals surface area (Å²) in [5, 5.41) is 12.8. The molecular weight excluding hydrogens is 341 g/mol. The molecule has 0 spiro atoms. The summed E-state index contributed by atoms with van der Waals surface area (Å²) in [6, 6.07) is 14.7. The number of pyridine rings is 1. The number of benzene rings is 2. The van der Waals surface area contributed by atoms with Crippen molar-refractivity contribution in [3.8, 4) is 22.4 Å². The number of rotatable bonds is 2. The number of aryl methyl sites for hydroxylation is 2. The maximum absolute atomic E-state index is 13.4. The van der Waals surface area contributed by atoms with Gasteiger partial charge < -0.3 is 0 Å². The zero-order valence-corrected chi connectivity index (χ0v) is 14.9. The lowest BCUT2D eigenvalue weighted by Gasteiger charge is -2.13. The number of aromatic amines is 1. The maximum Gasteiger partial charge on any atom is 0.156 e. The summed E-state index contributed by atoms with van der Waals surface area (Å²) in [6.45, 7) is 3.92. The minimum atomic E-state index is -0.256. The van der Waals surface area contributed by atoms with Gasteiger partial charge in [-0.05, 0) is 61.4 Å². The summed E-state index contributed by atoms with van der Waals surface area (Å²) in [7, 11) is 0. The van der Waals surface area contributed by atoms with Gasteiger partial charge in [-0.15, -0.1) is 0 Å². The van der Waals surface area contributed by atoms with Crippen LogP contribution < -0.4 is 0 Å². The molecule has 2 aromatic carbocycles. The number of H-pyrrole nitrogens is 1. The van der Waals surface area contributed by atoms with Crippen molar-refractivity contribution in [2.45, 2.75) is 13.8 Å². The zero-order chi connectivity index (χ0) is 18.5. The molecule has 3 heterocycles. The Morgan fingerprint density at radius 3 is 2.59 bits per heavy atom. The number of hydrogen-bond donors (Lipinski definition) is 1. The molecule has 0 unspecified atom stereocenters. The zero-order valence-electron chi connectivity index (χ0n) is 14.9. The second-order valence-corrected chi connectivity index (χ2v) is 6.66. The Balaban J connectivity index is 1.87. The largest absolute Gasteiger partial charge is 0.278 e. The standard InChI is InChI=1S/C21H16FN5/c1-12-9-15(10-16-11-23-25-20(12)16)21-18(14-3-5-17(22)6-4-14)7-8-19-24-13(2)26-27(19)21/h3-11H,1-2H3,(H,23,25). The second kappa shape index (κ2) is 5.74. The Labute approximate surface area is 154 Å². The minimum absolute atomic E-state index is 0.256. The fourth-order valence-corrected chi connectivity index (χ4v) is 3.57. The average Bonchev–Trinajstić information content (AvgIpc) is 3.27. The quantitative estimate of drug-likeness (QED) is 0.498. The van der Waals surface area contributed by atoms with Gasteiger partial charge in [-0.3, -0.25) is 5.10 Å². The van der Waals surface area contributed by atoms with Crippen LogP contribution in [0.5, 0.6) is 0 Å². The summed E-state index contributed by atoms with van der Waals surface area (Å²) < 4.78 is 15.3. The van der Waals surface area contributed by atoms with E-state index in [0.717, 1.165) is 44.5 Å². The van der Waals surface area contributed by atoms with Crippen molar-refractivity contribution >= 4 is 16.6 Å². The van der Waals surface area contributed by atoms with Crippen LogP contribution in [0, 0.1) is 19.7 Å². The van der Waals surface area contributed by atoms with E-state index >= 15 is 0 Å². The van der Waals surface area contributed by atoms with Crippen LogP contribution in [0.25, 0.3) is 38.9 Å². The van der Waals surface area contributed by atoms with Crippen LogP contribution >= 0.6 is 0 Å². The van der Waals surface area contributed by atoms with Gasteiger partial charge in [-0.2, -0.15) is 10.2 Å². The summed E-state index contributed by atoms with van der Waals surface area (Å²) in [5.74, 6) is 0.447. The lowest BCUT2D eigenvalue weighted by atomic mass is 9.97. The first kappa shape index (κ1) is 15.7. The van der Waals surface area contributed by atoms with Crippen LogP contribution in [0.1, 0.15) is 11.4 Å². The smallest absolute Gasteiger partial charge is 0.156 e. The van der Waals surface area contributed by atoms with Crippen LogP contribution in [-0.2, 0) is 0 Å². The van der Waals surface area contributed by atoms with E-state index in [1.165, 1.54) is 12.1 Å². The Morgan fingerprint density at radius 2 is 1.78 bits per heavy atom. The number of fused-ring (bicyclic) bond motifs is 2. The molecule has 5 aromatic rings. The molecule has 0 atom stereocenters. The van der Waals surface area contributed by atoms with E-state index < -0.39 is 0 Å². The molecule has 5 nitrogen and oxygen atoms in total. The topological polar surface area (TPSA) is 58.9 Å². The number of hydrogen-bond acceptors (Lipinski definition) is 3.